The monoisotopic (exact) mass is 440 g/mol. The number of ether oxygens (including phenoxy) is 1. The van der Waals surface area contributed by atoms with Gasteiger partial charge in [0.2, 0.25) is 11.8 Å². The predicted molar refractivity (Wildman–Crippen MR) is 118 cm³/mol. The van der Waals surface area contributed by atoms with Gasteiger partial charge in [-0.1, -0.05) is 12.1 Å². The number of hydrogen-bond donors (Lipinski definition) is 2. The molecule has 2 atom stereocenters. The molecule has 0 aliphatic carbocycles. The van der Waals surface area contributed by atoms with E-state index in [2.05, 4.69) is 21.6 Å². The molecule has 0 aromatic heterocycles. The van der Waals surface area contributed by atoms with E-state index in [0.29, 0.717) is 24.6 Å². The van der Waals surface area contributed by atoms with Crippen molar-refractivity contribution in [3.8, 4) is 0 Å². The Morgan fingerprint density at radius 3 is 2.69 bits per heavy atom. The first-order valence-corrected chi connectivity index (χ1v) is 11.9. The Morgan fingerprint density at radius 2 is 1.94 bits per heavy atom. The molecule has 1 aromatic carbocycles. The number of nitrogens with one attached hydrogen (secondary N) is 2. The van der Waals surface area contributed by atoms with E-state index < -0.39 is 6.04 Å². The van der Waals surface area contributed by atoms with Gasteiger partial charge >= 0.3 is 0 Å². The highest BCUT2D eigenvalue weighted by Gasteiger charge is 2.40. The second-order valence-electron chi connectivity index (χ2n) is 9.39. The van der Waals surface area contributed by atoms with Gasteiger partial charge in [0.15, 0.2) is 0 Å². The molecular formula is C24H32N4O4. The first-order chi connectivity index (χ1) is 15.6. The SMILES string of the molecule is O=C1CCC(N2Cc3c(CN(CC4CCCO4)C4CCNCC4)cccc3C2=O)C(=O)N1. The molecule has 0 spiro atoms. The number of piperidine rings is 2. The predicted octanol–water partition coefficient (Wildman–Crippen LogP) is 1.18. The molecule has 8 heteroatoms. The quantitative estimate of drug-likeness (QED) is 0.646. The minimum absolute atomic E-state index is 0.108. The zero-order chi connectivity index (χ0) is 22.1. The van der Waals surface area contributed by atoms with E-state index in [1.54, 1.807) is 4.90 Å². The Bertz CT molecular complexity index is 892. The zero-order valence-electron chi connectivity index (χ0n) is 18.5. The van der Waals surface area contributed by atoms with E-state index in [1.807, 2.05) is 12.1 Å². The third kappa shape index (κ3) is 4.31. The Labute approximate surface area is 188 Å². The summed E-state index contributed by atoms with van der Waals surface area (Å²) in [6.45, 7) is 5.03. The molecule has 0 radical (unpaired) electrons. The van der Waals surface area contributed by atoms with E-state index in [4.69, 9.17) is 4.74 Å². The zero-order valence-corrected chi connectivity index (χ0v) is 18.5. The number of hydrogen-bond acceptors (Lipinski definition) is 6. The number of amides is 3. The van der Waals surface area contributed by atoms with E-state index in [-0.39, 0.29) is 30.2 Å². The molecule has 2 unspecified atom stereocenters. The molecule has 32 heavy (non-hydrogen) atoms. The Kier molecular flexibility index (Phi) is 6.26. The topological polar surface area (TPSA) is 91.0 Å². The minimum Gasteiger partial charge on any atom is -0.377 e. The fraction of sp³-hybridized carbons (Fsp3) is 0.625. The maximum atomic E-state index is 13.2. The van der Waals surface area contributed by atoms with Crippen molar-refractivity contribution >= 4 is 17.7 Å². The molecule has 0 saturated carbocycles. The molecule has 4 aliphatic heterocycles. The molecule has 4 heterocycles. The van der Waals surface area contributed by atoms with E-state index >= 15 is 0 Å². The van der Waals surface area contributed by atoms with Gasteiger partial charge < -0.3 is 15.0 Å². The Hall–Kier alpha value is -2.29. The molecule has 3 amide bonds. The lowest BCUT2D eigenvalue weighted by Gasteiger charge is -2.36. The van der Waals surface area contributed by atoms with Crippen molar-refractivity contribution in [1.82, 2.24) is 20.4 Å². The van der Waals surface area contributed by atoms with E-state index in [0.717, 1.165) is 69.6 Å². The first-order valence-electron chi connectivity index (χ1n) is 11.9. The van der Waals surface area contributed by atoms with E-state index in [9.17, 15) is 14.4 Å². The van der Waals surface area contributed by atoms with Crippen molar-refractivity contribution in [3.63, 3.8) is 0 Å². The van der Waals surface area contributed by atoms with Gasteiger partial charge in [0.25, 0.3) is 5.91 Å². The van der Waals surface area contributed by atoms with Gasteiger partial charge in [-0.3, -0.25) is 24.6 Å². The van der Waals surface area contributed by atoms with Crippen LogP contribution in [-0.2, 0) is 27.4 Å². The number of carbonyl (C=O) groups is 3. The Morgan fingerprint density at radius 1 is 1.09 bits per heavy atom. The summed E-state index contributed by atoms with van der Waals surface area (Å²) in [6.07, 6.45) is 5.40. The van der Waals surface area contributed by atoms with Gasteiger partial charge in [0, 0.05) is 44.3 Å². The standard InChI is InChI=1S/C24H32N4O4/c29-22-7-6-21(23(30)26-22)28-15-20-16(3-1-5-19(20)24(28)31)13-27(14-18-4-2-12-32-18)17-8-10-25-11-9-17/h1,3,5,17-18,21,25H,2,4,6-15H2,(H,26,29,30). The Balaban J connectivity index is 1.36. The number of imide groups is 1. The van der Waals surface area contributed by atoms with Gasteiger partial charge in [0.1, 0.15) is 6.04 Å². The van der Waals surface area contributed by atoms with Crippen LogP contribution in [0.25, 0.3) is 0 Å². The van der Waals surface area contributed by atoms with Crippen LogP contribution in [0.4, 0.5) is 0 Å². The highest BCUT2D eigenvalue weighted by molar-refractivity contribution is 6.05. The summed E-state index contributed by atoms with van der Waals surface area (Å²) in [7, 11) is 0. The fourth-order valence-corrected chi connectivity index (χ4v) is 5.58. The van der Waals surface area contributed by atoms with Crippen LogP contribution in [-0.4, -0.2) is 72.0 Å². The number of benzene rings is 1. The second-order valence-corrected chi connectivity index (χ2v) is 9.39. The largest absolute Gasteiger partial charge is 0.377 e. The number of fused-ring (bicyclic) bond motifs is 1. The highest BCUT2D eigenvalue weighted by Crippen LogP contribution is 2.31. The summed E-state index contributed by atoms with van der Waals surface area (Å²) in [5, 5.41) is 5.84. The molecule has 3 saturated heterocycles. The number of nitrogens with zero attached hydrogens (tertiary/aromatic N) is 2. The van der Waals surface area contributed by atoms with Gasteiger partial charge in [0.05, 0.1) is 6.10 Å². The molecule has 0 bridgehead atoms. The smallest absolute Gasteiger partial charge is 0.255 e. The molecular weight excluding hydrogens is 408 g/mol. The van der Waals surface area contributed by atoms with Crippen LogP contribution in [0.5, 0.6) is 0 Å². The van der Waals surface area contributed by atoms with Gasteiger partial charge in [-0.25, -0.2) is 0 Å². The van der Waals surface area contributed by atoms with Gasteiger partial charge in [-0.2, -0.15) is 0 Å². The molecule has 4 aliphatic rings. The maximum absolute atomic E-state index is 13.2. The normalized spacial score (nSPS) is 26.7. The highest BCUT2D eigenvalue weighted by atomic mass is 16.5. The molecule has 5 rings (SSSR count). The van der Waals surface area contributed by atoms with Crippen LogP contribution in [0.1, 0.15) is 60.0 Å². The number of rotatable bonds is 6. The van der Waals surface area contributed by atoms with Crippen LogP contribution in [0, 0.1) is 0 Å². The van der Waals surface area contributed by atoms with E-state index in [1.165, 1.54) is 0 Å². The van der Waals surface area contributed by atoms with Gasteiger partial charge in [-0.15, -0.1) is 0 Å². The fourth-order valence-electron chi connectivity index (χ4n) is 5.58. The van der Waals surface area contributed by atoms with Crippen molar-refractivity contribution in [1.29, 1.82) is 0 Å². The van der Waals surface area contributed by atoms with Crippen molar-refractivity contribution in [2.45, 2.75) is 69.8 Å². The summed E-state index contributed by atoms with van der Waals surface area (Å²) in [5.41, 5.74) is 2.87. The van der Waals surface area contributed by atoms with Crippen LogP contribution < -0.4 is 10.6 Å². The lowest BCUT2D eigenvalue weighted by Crippen LogP contribution is -2.52. The number of carbonyl (C=O) groups excluding carboxylic acids is 3. The van der Waals surface area contributed by atoms with Crippen LogP contribution in [0.3, 0.4) is 0 Å². The molecule has 2 N–H and O–H groups in total. The van der Waals surface area contributed by atoms with Crippen molar-refractivity contribution < 1.29 is 19.1 Å². The lowest BCUT2D eigenvalue weighted by molar-refractivity contribution is -0.136. The summed E-state index contributed by atoms with van der Waals surface area (Å²) in [6, 6.07) is 5.85. The van der Waals surface area contributed by atoms with Crippen molar-refractivity contribution in [2.24, 2.45) is 0 Å². The molecule has 3 fully saturated rings. The van der Waals surface area contributed by atoms with Gasteiger partial charge in [-0.05, 0) is 62.4 Å². The van der Waals surface area contributed by atoms with Crippen molar-refractivity contribution in [3.05, 3.63) is 34.9 Å². The summed E-state index contributed by atoms with van der Waals surface area (Å²) < 4.78 is 5.95. The molecule has 172 valence electrons. The lowest BCUT2D eigenvalue weighted by atomic mass is 9.99. The average Bonchev–Trinajstić information content (AvgIpc) is 3.43. The third-order valence-corrected chi connectivity index (χ3v) is 7.34. The summed E-state index contributed by atoms with van der Waals surface area (Å²) >= 11 is 0. The summed E-state index contributed by atoms with van der Waals surface area (Å²) in [5.74, 6) is -0.731. The molecule has 8 nitrogen and oxygen atoms in total. The maximum Gasteiger partial charge on any atom is 0.255 e. The molecule has 1 aromatic rings. The average molecular weight is 441 g/mol. The van der Waals surface area contributed by atoms with Crippen LogP contribution in [0.2, 0.25) is 0 Å². The van der Waals surface area contributed by atoms with Crippen LogP contribution >= 0.6 is 0 Å². The minimum atomic E-state index is -0.576. The van der Waals surface area contributed by atoms with Crippen molar-refractivity contribution in [2.75, 3.05) is 26.2 Å². The van der Waals surface area contributed by atoms with Crippen LogP contribution in [0.15, 0.2) is 18.2 Å². The second kappa shape index (κ2) is 9.29. The first kappa shape index (κ1) is 21.6. The third-order valence-electron chi connectivity index (χ3n) is 7.34. The summed E-state index contributed by atoms with van der Waals surface area (Å²) in [4.78, 5) is 41.3.